The molecule has 11 heteroatoms. The lowest BCUT2D eigenvalue weighted by Gasteiger charge is -2.23. The number of H-pyrrole nitrogens is 2. The quantitative estimate of drug-likeness (QED) is 0.840. The van der Waals surface area contributed by atoms with Gasteiger partial charge in [0.15, 0.2) is 0 Å². The van der Waals surface area contributed by atoms with Crippen LogP contribution in [0.4, 0.5) is 0 Å². The number of thioether (sulfide) groups is 1. The predicted molar refractivity (Wildman–Crippen MR) is 67.1 cm³/mol. The van der Waals surface area contributed by atoms with Crippen molar-refractivity contribution in [3.63, 3.8) is 0 Å². The van der Waals surface area contributed by atoms with Gasteiger partial charge in [0.05, 0.1) is 12.4 Å². The SMILES string of the molecule is ClC(Cl)(SC(Cl)(Cl)c1cn[nH]n1)c1cn[nH]n1. The maximum Gasteiger partial charge on any atom is 0.211 e. The summed E-state index contributed by atoms with van der Waals surface area (Å²) in [5, 5.41) is 19.5. The van der Waals surface area contributed by atoms with E-state index in [1.165, 1.54) is 12.4 Å². The molecule has 6 nitrogen and oxygen atoms in total. The van der Waals surface area contributed by atoms with Gasteiger partial charge in [-0.15, -0.1) is 0 Å². The van der Waals surface area contributed by atoms with Crippen LogP contribution in [-0.2, 0) is 7.33 Å². The van der Waals surface area contributed by atoms with Gasteiger partial charge >= 0.3 is 0 Å². The monoisotopic (exact) mass is 332 g/mol. The van der Waals surface area contributed by atoms with Gasteiger partial charge in [0.2, 0.25) is 7.33 Å². The standard InChI is InChI=1S/C6H4Cl4N6S/c7-5(8,3-1-11-15-13-3)17-6(9,10)4-2-12-16-14-4/h1-2H,(H,11,13,15)(H,12,14,16). The Kier molecular flexibility index (Phi) is 3.74. The van der Waals surface area contributed by atoms with Crippen molar-refractivity contribution in [2.24, 2.45) is 0 Å². The highest BCUT2D eigenvalue weighted by atomic mass is 35.5. The average molecular weight is 334 g/mol. The number of halogens is 4. The Morgan fingerprint density at radius 1 is 0.882 bits per heavy atom. The van der Waals surface area contributed by atoms with E-state index in [-0.39, 0.29) is 0 Å². The zero-order valence-corrected chi connectivity index (χ0v) is 11.7. The molecule has 0 saturated heterocycles. The molecule has 0 spiro atoms. The summed E-state index contributed by atoms with van der Waals surface area (Å²) < 4.78 is -2.93. The van der Waals surface area contributed by atoms with Crippen LogP contribution in [0.1, 0.15) is 11.4 Å². The van der Waals surface area contributed by atoms with Gasteiger partial charge in [-0.1, -0.05) is 58.2 Å². The molecule has 0 aliphatic rings. The Morgan fingerprint density at radius 2 is 1.29 bits per heavy atom. The van der Waals surface area contributed by atoms with Crippen LogP contribution in [0.15, 0.2) is 12.4 Å². The Bertz CT molecular complexity index is 424. The molecule has 0 unspecified atom stereocenters. The molecule has 2 aromatic rings. The summed E-state index contributed by atoms with van der Waals surface area (Å²) in [6, 6.07) is 0. The third-order valence-corrected chi connectivity index (χ3v) is 4.31. The first-order valence-electron chi connectivity index (χ1n) is 4.10. The molecule has 2 rings (SSSR count). The number of hydrogen-bond donors (Lipinski definition) is 2. The second kappa shape index (κ2) is 4.81. The molecule has 0 aliphatic heterocycles. The Morgan fingerprint density at radius 3 is 1.59 bits per heavy atom. The summed E-state index contributed by atoms with van der Waals surface area (Å²) in [5.41, 5.74) is 0.583. The van der Waals surface area contributed by atoms with Crippen LogP contribution < -0.4 is 0 Å². The number of rotatable bonds is 4. The van der Waals surface area contributed by atoms with Crippen molar-refractivity contribution in [3.8, 4) is 0 Å². The number of alkyl halides is 4. The minimum Gasteiger partial charge on any atom is -0.198 e. The van der Waals surface area contributed by atoms with Gasteiger partial charge in [-0.25, -0.2) is 0 Å². The van der Waals surface area contributed by atoms with Gasteiger partial charge in [0, 0.05) is 0 Å². The highest BCUT2D eigenvalue weighted by Crippen LogP contribution is 2.57. The molecular formula is C6H4Cl4N6S. The summed E-state index contributed by atoms with van der Waals surface area (Å²) in [6.07, 6.45) is 2.75. The molecular weight excluding hydrogens is 330 g/mol. The summed E-state index contributed by atoms with van der Waals surface area (Å²) >= 11 is 25.2. The average Bonchev–Trinajstić information content (AvgIpc) is 2.91. The minimum atomic E-state index is -1.46. The van der Waals surface area contributed by atoms with Gasteiger partial charge in [-0.05, 0) is 0 Å². The summed E-state index contributed by atoms with van der Waals surface area (Å²) in [7, 11) is 0. The molecule has 0 radical (unpaired) electrons. The Labute approximate surface area is 120 Å². The minimum absolute atomic E-state index is 0.292. The molecule has 0 saturated carbocycles. The van der Waals surface area contributed by atoms with Crippen molar-refractivity contribution in [2.75, 3.05) is 0 Å². The number of hydrogen-bond acceptors (Lipinski definition) is 5. The molecule has 0 amide bonds. The van der Waals surface area contributed by atoms with E-state index >= 15 is 0 Å². The van der Waals surface area contributed by atoms with Crippen molar-refractivity contribution in [1.29, 1.82) is 0 Å². The zero-order chi connectivity index (χ0) is 12.5. The topological polar surface area (TPSA) is 83.1 Å². The van der Waals surface area contributed by atoms with Gasteiger partial charge < -0.3 is 0 Å². The van der Waals surface area contributed by atoms with Crippen LogP contribution >= 0.6 is 58.2 Å². The molecule has 0 aromatic carbocycles. The van der Waals surface area contributed by atoms with E-state index in [0.29, 0.717) is 11.4 Å². The van der Waals surface area contributed by atoms with E-state index in [1.54, 1.807) is 0 Å². The van der Waals surface area contributed by atoms with Crippen molar-refractivity contribution in [2.45, 2.75) is 7.33 Å². The number of aromatic nitrogens is 6. The summed E-state index contributed by atoms with van der Waals surface area (Å²) in [5.74, 6) is 0. The maximum absolute atomic E-state index is 6.08. The highest BCUT2D eigenvalue weighted by molar-refractivity contribution is 8.05. The lowest BCUT2D eigenvalue weighted by Crippen LogP contribution is -2.16. The second-order valence-electron chi connectivity index (χ2n) is 2.85. The molecule has 2 heterocycles. The second-order valence-corrected chi connectivity index (χ2v) is 7.83. The number of aromatic amines is 2. The van der Waals surface area contributed by atoms with E-state index in [2.05, 4.69) is 30.8 Å². The van der Waals surface area contributed by atoms with Crippen molar-refractivity contribution < 1.29 is 0 Å². The van der Waals surface area contributed by atoms with Crippen molar-refractivity contribution in [3.05, 3.63) is 23.8 Å². The van der Waals surface area contributed by atoms with Crippen LogP contribution in [-0.4, -0.2) is 30.8 Å². The Balaban J connectivity index is 2.21. The molecule has 92 valence electrons. The molecule has 0 atom stereocenters. The largest absolute Gasteiger partial charge is 0.211 e. The molecule has 2 N–H and O–H groups in total. The van der Waals surface area contributed by atoms with Crippen LogP contribution in [0.2, 0.25) is 0 Å². The van der Waals surface area contributed by atoms with Crippen molar-refractivity contribution in [1.82, 2.24) is 30.8 Å². The molecule has 0 fully saturated rings. The fourth-order valence-corrected chi connectivity index (χ4v) is 3.90. The van der Waals surface area contributed by atoms with Gasteiger partial charge in [-0.3, -0.25) is 0 Å². The van der Waals surface area contributed by atoms with Gasteiger partial charge in [-0.2, -0.15) is 30.8 Å². The van der Waals surface area contributed by atoms with E-state index in [0.717, 1.165) is 11.8 Å². The highest BCUT2D eigenvalue weighted by Gasteiger charge is 2.43. The smallest absolute Gasteiger partial charge is 0.198 e. The predicted octanol–water partition coefficient (Wildman–Crippen LogP) is 2.53. The van der Waals surface area contributed by atoms with Crippen LogP contribution in [0.25, 0.3) is 0 Å². The van der Waals surface area contributed by atoms with Crippen LogP contribution in [0.5, 0.6) is 0 Å². The molecule has 0 bridgehead atoms. The fourth-order valence-electron chi connectivity index (χ4n) is 0.949. The van der Waals surface area contributed by atoms with E-state index in [1.807, 2.05) is 0 Å². The molecule has 2 aromatic heterocycles. The first-order chi connectivity index (χ1) is 7.92. The maximum atomic E-state index is 6.08. The third kappa shape index (κ3) is 2.97. The number of nitrogens with one attached hydrogen (secondary N) is 2. The number of nitrogens with zero attached hydrogens (tertiary/aromatic N) is 4. The first-order valence-corrected chi connectivity index (χ1v) is 6.43. The lowest BCUT2D eigenvalue weighted by atomic mass is 10.5. The Hall–Kier alpha value is -0.210. The summed E-state index contributed by atoms with van der Waals surface area (Å²) in [6.45, 7) is 0. The normalized spacial score (nSPS) is 12.9. The van der Waals surface area contributed by atoms with E-state index < -0.39 is 7.33 Å². The fraction of sp³-hybridized carbons (Fsp3) is 0.333. The van der Waals surface area contributed by atoms with Crippen molar-refractivity contribution >= 4 is 58.2 Å². The van der Waals surface area contributed by atoms with Gasteiger partial charge in [0.25, 0.3) is 0 Å². The van der Waals surface area contributed by atoms with E-state index in [9.17, 15) is 0 Å². The van der Waals surface area contributed by atoms with Crippen LogP contribution in [0, 0.1) is 0 Å². The molecule has 0 aliphatic carbocycles. The zero-order valence-electron chi connectivity index (χ0n) is 7.86. The molecule has 17 heavy (non-hydrogen) atoms. The third-order valence-electron chi connectivity index (χ3n) is 1.68. The van der Waals surface area contributed by atoms with E-state index in [4.69, 9.17) is 46.4 Å². The van der Waals surface area contributed by atoms with Crippen LogP contribution in [0.3, 0.4) is 0 Å². The lowest BCUT2D eigenvalue weighted by molar-refractivity contribution is 0.909. The van der Waals surface area contributed by atoms with Gasteiger partial charge in [0.1, 0.15) is 11.4 Å². The summed E-state index contributed by atoms with van der Waals surface area (Å²) in [4.78, 5) is 0. The first kappa shape index (κ1) is 13.2.